The number of hydrogen-bond donors (Lipinski definition) is 1. The molecule has 0 radical (unpaired) electrons. The van der Waals surface area contributed by atoms with Gasteiger partial charge in [-0.05, 0) is 13.0 Å². The SMILES string of the molecule is CCS(=O)(=O)N1CCN(CC(=O)NCc2ccccc2OC(F)(F)F)CC1. The van der Waals surface area contributed by atoms with Gasteiger partial charge in [0.1, 0.15) is 5.75 Å². The maximum Gasteiger partial charge on any atom is 0.573 e. The highest BCUT2D eigenvalue weighted by molar-refractivity contribution is 7.89. The molecule has 27 heavy (non-hydrogen) atoms. The fourth-order valence-electron chi connectivity index (χ4n) is 2.68. The Hall–Kier alpha value is -1.85. The first-order valence-corrected chi connectivity index (χ1v) is 10.0. The molecule has 1 aromatic rings. The number of carbonyl (C=O) groups is 1. The molecule has 0 bridgehead atoms. The predicted molar refractivity (Wildman–Crippen MR) is 92.4 cm³/mol. The van der Waals surface area contributed by atoms with Crippen molar-refractivity contribution in [1.82, 2.24) is 14.5 Å². The van der Waals surface area contributed by atoms with Gasteiger partial charge in [-0.2, -0.15) is 4.31 Å². The van der Waals surface area contributed by atoms with Gasteiger partial charge in [-0.3, -0.25) is 9.69 Å². The predicted octanol–water partition coefficient (Wildman–Crippen LogP) is 1.17. The van der Waals surface area contributed by atoms with Crippen LogP contribution in [-0.4, -0.2) is 68.4 Å². The third-order valence-electron chi connectivity index (χ3n) is 4.13. The Bertz CT molecular complexity index is 748. The second kappa shape index (κ2) is 8.89. The van der Waals surface area contributed by atoms with Gasteiger partial charge in [0.15, 0.2) is 0 Å². The number of rotatable bonds is 7. The largest absolute Gasteiger partial charge is 0.573 e. The van der Waals surface area contributed by atoms with Gasteiger partial charge in [0.2, 0.25) is 15.9 Å². The maximum atomic E-state index is 12.4. The average molecular weight is 409 g/mol. The lowest BCUT2D eigenvalue weighted by Crippen LogP contribution is -2.51. The van der Waals surface area contributed by atoms with Gasteiger partial charge in [0.25, 0.3) is 0 Å². The van der Waals surface area contributed by atoms with E-state index < -0.39 is 16.4 Å². The fraction of sp³-hybridized carbons (Fsp3) is 0.562. The summed E-state index contributed by atoms with van der Waals surface area (Å²) in [5, 5.41) is 2.57. The van der Waals surface area contributed by atoms with Crippen LogP contribution >= 0.6 is 0 Å². The van der Waals surface area contributed by atoms with Crippen LogP contribution in [0.3, 0.4) is 0 Å². The normalized spacial score (nSPS) is 16.9. The van der Waals surface area contributed by atoms with E-state index in [0.717, 1.165) is 0 Å². The second-order valence-electron chi connectivity index (χ2n) is 6.01. The van der Waals surface area contributed by atoms with Gasteiger partial charge in [0, 0.05) is 38.3 Å². The van der Waals surface area contributed by atoms with Crippen molar-refractivity contribution in [3.8, 4) is 5.75 Å². The van der Waals surface area contributed by atoms with Crippen LogP contribution in [0.2, 0.25) is 0 Å². The van der Waals surface area contributed by atoms with Gasteiger partial charge in [-0.15, -0.1) is 13.2 Å². The Morgan fingerprint density at radius 1 is 1.19 bits per heavy atom. The quantitative estimate of drug-likeness (QED) is 0.732. The van der Waals surface area contributed by atoms with E-state index in [1.165, 1.54) is 22.5 Å². The van der Waals surface area contributed by atoms with Crippen molar-refractivity contribution in [1.29, 1.82) is 0 Å². The summed E-state index contributed by atoms with van der Waals surface area (Å²) in [4.78, 5) is 13.9. The Balaban J connectivity index is 1.83. The van der Waals surface area contributed by atoms with Crippen LogP contribution < -0.4 is 10.1 Å². The minimum absolute atomic E-state index is 0.0346. The zero-order chi connectivity index (χ0) is 20.1. The van der Waals surface area contributed by atoms with E-state index in [0.29, 0.717) is 26.2 Å². The van der Waals surface area contributed by atoms with Crippen LogP contribution in [0.15, 0.2) is 24.3 Å². The van der Waals surface area contributed by atoms with Crippen LogP contribution in [0, 0.1) is 0 Å². The molecular formula is C16H22F3N3O4S. The highest BCUT2D eigenvalue weighted by Gasteiger charge is 2.32. The molecule has 0 spiro atoms. The molecule has 1 aliphatic rings. The lowest BCUT2D eigenvalue weighted by Gasteiger charge is -2.33. The molecule has 1 saturated heterocycles. The highest BCUT2D eigenvalue weighted by Crippen LogP contribution is 2.26. The molecule has 2 rings (SSSR count). The summed E-state index contributed by atoms with van der Waals surface area (Å²) in [6.45, 7) is 2.98. The summed E-state index contributed by atoms with van der Waals surface area (Å²) in [7, 11) is -3.24. The minimum atomic E-state index is -4.81. The first kappa shape index (κ1) is 21.5. The number of nitrogens with one attached hydrogen (secondary N) is 1. The molecule has 1 fully saturated rings. The lowest BCUT2D eigenvalue weighted by molar-refractivity contribution is -0.274. The van der Waals surface area contributed by atoms with E-state index in [1.807, 2.05) is 0 Å². The molecule has 1 aliphatic heterocycles. The van der Waals surface area contributed by atoms with Crippen LogP contribution in [0.25, 0.3) is 0 Å². The summed E-state index contributed by atoms with van der Waals surface area (Å²) in [5.74, 6) is -0.681. The van der Waals surface area contributed by atoms with Crippen LogP contribution in [0.4, 0.5) is 13.2 Å². The van der Waals surface area contributed by atoms with Crippen molar-refractivity contribution < 1.29 is 31.1 Å². The first-order valence-electron chi connectivity index (χ1n) is 8.41. The molecule has 0 aromatic heterocycles. The monoisotopic (exact) mass is 409 g/mol. The number of para-hydroxylation sites is 1. The molecule has 7 nitrogen and oxygen atoms in total. The minimum Gasteiger partial charge on any atom is -0.405 e. The standard InChI is InChI=1S/C16H22F3N3O4S/c1-2-27(24,25)22-9-7-21(8-10-22)12-15(23)20-11-13-5-3-4-6-14(13)26-16(17,18)19/h3-6H,2,7-12H2,1H3,(H,20,23). The van der Waals surface area contributed by atoms with Crippen molar-refractivity contribution in [3.63, 3.8) is 0 Å². The van der Waals surface area contributed by atoms with Gasteiger partial charge in [-0.1, -0.05) is 18.2 Å². The van der Waals surface area contributed by atoms with Crippen molar-refractivity contribution in [2.75, 3.05) is 38.5 Å². The third-order valence-corrected chi connectivity index (χ3v) is 6.01. The Morgan fingerprint density at radius 3 is 2.41 bits per heavy atom. The van der Waals surface area contributed by atoms with E-state index in [1.54, 1.807) is 17.9 Å². The molecule has 1 heterocycles. The van der Waals surface area contributed by atoms with Crippen molar-refractivity contribution in [2.24, 2.45) is 0 Å². The number of ether oxygens (including phenoxy) is 1. The number of sulfonamides is 1. The number of halogens is 3. The van der Waals surface area contributed by atoms with E-state index in [2.05, 4.69) is 10.1 Å². The maximum absolute atomic E-state index is 12.4. The molecular weight excluding hydrogens is 387 g/mol. The van der Waals surface area contributed by atoms with Crippen LogP contribution in [0.5, 0.6) is 5.75 Å². The lowest BCUT2D eigenvalue weighted by atomic mass is 10.2. The zero-order valence-corrected chi connectivity index (χ0v) is 15.6. The Labute approximate surface area is 156 Å². The highest BCUT2D eigenvalue weighted by atomic mass is 32.2. The molecule has 11 heteroatoms. The van der Waals surface area contributed by atoms with E-state index >= 15 is 0 Å². The van der Waals surface area contributed by atoms with Crippen molar-refractivity contribution in [3.05, 3.63) is 29.8 Å². The molecule has 0 atom stereocenters. The van der Waals surface area contributed by atoms with E-state index in [-0.39, 0.29) is 36.1 Å². The molecule has 0 unspecified atom stereocenters. The summed E-state index contributed by atoms with van der Waals surface area (Å²) in [6.07, 6.45) is -4.81. The van der Waals surface area contributed by atoms with Gasteiger partial charge >= 0.3 is 6.36 Å². The zero-order valence-electron chi connectivity index (χ0n) is 14.8. The molecule has 0 saturated carbocycles. The number of carbonyl (C=O) groups excluding carboxylic acids is 1. The molecule has 1 N–H and O–H groups in total. The summed E-state index contributed by atoms with van der Waals surface area (Å²) < 4.78 is 66.2. The van der Waals surface area contributed by atoms with Gasteiger partial charge < -0.3 is 10.1 Å². The Morgan fingerprint density at radius 2 is 1.81 bits per heavy atom. The number of piperazine rings is 1. The van der Waals surface area contributed by atoms with Gasteiger partial charge in [-0.25, -0.2) is 8.42 Å². The van der Waals surface area contributed by atoms with Gasteiger partial charge in [0.05, 0.1) is 12.3 Å². The summed E-state index contributed by atoms with van der Waals surface area (Å²) in [5.41, 5.74) is 0.210. The average Bonchev–Trinajstić information content (AvgIpc) is 2.60. The fourth-order valence-corrected chi connectivity index (χ4v) is 3.76. The number of nitrogens with zero attached hydrogens (tertiary/aromatic N) is 2. The van der Waals surface area contributed by atoms with E-state index in [9.17, 15) is 26.4 Å². The molecule has 152 valence electrons. The smallest absolute Gasteiger partial charge is 0.405 e. The molecule has 1 aromatic carbocycles. The first-order chi connectivity index (χ1) is 12.6. The second-order valence-corrected chi connectivity index (χ2v) is 8.27. The van der Waals surface area contributed by atoms with E-state index in [4.69, 9.17) is 0 Å². The Kier molecular flexibility index (Phi) is 7.06. The summed E-state index contributed by atoms with van der Waals surface area (Å²) in [6, 6.07) is 5.59. The number of amides is 1. The van der Waals surface area contributed by atoms with Crippen LogP contribution in [0.1, 0.15) is 12.5 Å². The number of hydrogen-bond acceptors (Lipinski definition) is 5. The summed E-state index contributed by atoms with van der Waals surface area (Å²) >= 11 is 0. The molecule has 1 amide bonds. The topological polar surface area (TPSA) is 79.0 Å². The van der Waals surface area contributed by atoms with Crippen molar-refractivity contribution >= 4 is 15.9 Å². The number of alkyl halides is 3. The van der Waals surface area contributed by atoms with Crippen molar-refractivity contribution in [2.45, 2.75) is 19.8 Å². The molecule has 0 aliphatic carbocycles. The number of benzene rings is 1. The van der Waals surface area contributed by atoms with Crippen LogP contribution in [-0.2, 0) is 21.4 Å². The third kappa shape index (κ3) is 6.67.